The second-order valence-electron chi connectivity index (χ2n) is 5.18. The molecule has 0 saturated carbocycles. The number of benzene rings is 1. The minimum Gasteiger partial charge on any atom is -0.378 e. The maximum Gasteiger partial charge on any atom is 0.109 e. The van der Waals surface area contributed by atoms with E-state index in [4.69, 9.17) is 0 Å². The molecular weight excluding hydrogens is 266 g/mol. The second kappa shape index (κ2) is 6.86. The van der Waals surface area contributed by atoms with Gasteiger partial charge in [-0.3, -0.25) is 0 Å². The van der Waals surface area contributed by atoms with Crippen LogP contribution < -0.4 is 10.2 Å². The van der Waals surface area contributed by atoms with Crippen molar-refractivity contribution in [1.29, 1.82) is 0 Å². The van der Waals surface area contributed by atoms with Crippen molar-refractivity contribution in [2.45, 2.75) is 32.9 Å². The van der Waals surface area contributed by atoms with Crippen LogP contribution >= 0.6 is 11.3 Å². The molecule has 0 saturated heterocycles. The van der Waals surface area contributed by atoms with Crippen molar-refractivity contribution in [3.8, 4) is 0 Å². The molecule has 2 aromatic rings. The maximum absolute atomic E-state index is 4.49. The third-order valence-electron chi connectivity index (χ3n) is 3.36. The lowest BCUT2D eigenvalue weighted by atomic mass is 10.2. The Bertz CT molecular complexity index is 531. The van der Waals surface area contributed by atoms with Gasteiger partial charge >= 0.3 is 0 Å². The number of hydrogen-bond donors (Lipinski definition) is 1. The van der Waals surface area contributed by atoms with Gasteiger partial charge < -0.3 is 10.2 Å². The summed E-state index contributed by atoms with van der Waals surface area (Å²) in [6, 6.07) is 8.96. The molecule has 0 radical (unpaired) electrons. The zero-order valence-corrected chi connectivity index (χ0v) is 13.5. The van der Waals surface area contributed by atoms with Crippen molar-refractivity contribution < 1.29 is 0 Å². The van der Waals surface area contributed by atoms with Gasteiger partial charge in [-0.1, -0.05) is 19.1 Å². The average Bonchev–Trinajstić information content (AvgIpc) is 2.94. The van der Waals surface area contributed by atoms with Crippen LogP contribution in [0.1, 0.15) is 35.3 Å². The van der Waals surface area contributed by atoms with Crippen LogP contribution in [0, 0.1) is 0 Å². The van der Waals surface area contributed by atoms with E-state index in [0.717, 1.165) is 13.0 Å². The number of thiazole rings is 1. The van der Waals surface area contributed by atoms with E-state index in [1.165, 1.54) is 21.1 Å². The quantitative estimate of drug-likeness (QED) is 0.880. The van der Waals surface area contributed by atoms with Crippen LogP contribution in [0.3, 0.4) is 0 Å². The summed E-state index contributed by atoms with van der Waals surface area (Å²) < 4.78 is 0. The van der Waals surface area contributed by atoms with E-state index in [1.54, 1.807) is 11.3 Å². The summed E-state index contributed by atoms with van der Waals surface area (Å²) in [6.45, 7) is 5.21. The van der Waals surface area contributed by atoms with Gasteiger partial charge in [-0.2, -0.15) is 0 Å². The summed E-state index contributed by atoms with van der Waals surface area (Å²) in [5.41, 5.74) is 2.53. The highest BCUT2D eigenvalue weighted by molar-refractivity contribution is 7.11. The van der Waals surface area contributed by atoms with Gasteiger partial charge in [0, 0.05) is 37.4 Å². The van der Waals surface area contributed by atoms with Gasteiger partial charge in [0.05, 0.1) is 6.04 Å². The first-order chi connectivity index (χ1) is 9.60. The molecule has 4 heteroatoms. The Morgan fingerprint density at radius 3 is 2.50 bits per heavy atom. The van der Waals surface area contributed by atoms with Gasteiger partial charge in [-0.15, -0.1) is 11.3 Å². The minimum absolute atomic E-state index is 0.300. The molecular formula is C16H23N3S. The Balaban J connectivity index is 1.91. The Labute approximate surface area is 125 Å². The smallest absolute Gasteiger partial charge is 0.109 e. The monoisotopic (exact) mass is 289 g/mol. The van der Waals surface area contributed by atoms with Crippen LogP contribution in [-0.2, 0) is 13.0 Å². The lowest BCUT2D eigenvalue weighted by Crippen LogP contribution is -2.18. The molecule has 1 atom stereocenters. The van der Waals surface area contributed by atoms with E-state index in [-0.39, 0.29) is 0 Å². The standard InChI is InChI=1S/C16H23N3S/c1-5-15-11-18-16(20-15)12(2)17-10-13-6-8-14(9-7-13)19(3)4/h6-9,11-12,17H,5,10H2,1-4H3. The summed E-state index contributed by atoms with van der Waals surface area (Å²) in [7, 11) is 4.12. The van der Waals surface area contributed by atoms with Crippen LogP contribution in [-0.4, -0.2) is 19.1 Å². The molecule has 0 aliphatic carbocycles. The molecule has 2 rings (SSSR count). The lowest BCUT2D eigenvalue weighted by molar-refractivity contribution is 0.572. The first-order valence-corrected chi connectivity index (χ1v) is 7.86. The topological polar surface area (TPSA) is 28.2 Å². The fourth-order valence-electron chi connectivity index (χ4n) is 1.96. The van der Waals surface area contributed by atoms with Crippen molar-refractivity contribution in [3.63, 3.8) is 0 Å². The van der Waals surface area contributed by atoms with Crippen molar-refractivity contribution in [2.24, 2.45) is 0 Å². The normalized spacial score (nSPS) is 12.4. The van der Waals surface area contributed by atoms with Crippen molar-refractivity contribution in [2.75, 3.05) is 19.0 Å². The summed E-state index contributed by atoms with van der Waals surface area (Å²) in [4.78, 5) is 7.95. The Morgan fingerprint density at radius 2 is 1.95 bits per heavy atom. The lowest BCUT2D eigenvalue weighted by Gasteiger charge is -2.14. The van der Waals surface area contributed by atoms with E-state index in [2.05, 4.69) is 67.4 Å². The number of hydrogen-bond acceptors (Lipinski definition) is 4. The maximum atomic E-state index is 4.49. The van der Waals surface area contributed by atoms with Crippen molar-refractivity contribution in [3.05, 3.63) is 45.9 Å². The van der Waals surface area contributed by atoms with Crippen LogP contribution in [0.5, 0.6) is 0 Å². The van der Waals surface area contributed by atoms with Crippen LogP contribution in [0.15, 0.2) is 30.5 Å². The molecule has 1 N–H and O–H groups in total. The Morgan fingerprint density at radius 1 is 1.25 bits per heavy atom. The summed E-state index contributed by atoms with van der Waals surface area (Å²) in [5.74, 6) is 0. The zero-order chi connectivity index (χ0) is 14.5. The molecule has 0 aliphatic heterocycles. The van der Waals surface area contributed by atoms with E-state index in [1.807, 2.05) is 6.20 Å². The molecule has 3 nitrogen and oxygen atoms in total. The van der Waals surface area contributed by atoms with Crippen LogP contribution in [0.2, 0.25) is 0 Å². The van der Waals surface area contributed by atoms with Crippen molar-refractivity contribution >= 4 is 17.0 Å². The fraction of sp³-hybridized carbons (Fsp3) is 0.438. The fourth-order valence-corrected chi connectivity index (χ4v) is 2.84. The van der Waals surface area contributed by atoms with E-state index in [9.17, 15) is 0 Å². The van der Waals surface area contributed by atoms with Crippen LogP contribution in [0.4, 0.5) is 5.69 Å². The number of anilines is 1. The Hall–Kier alpha value is -1.39. The van der Waals surface area contributed by atoms with Gasteiger partial charge in [-0.25, -0.2) is 4.98 Å². The third-order valence-corrected chi connectivity index (χ3v) is 4.68. The third kappa shape index (κ3) is 3.81. The summed E-state index contributed by atoms with van der Waals surface area (Å²) in [5, 5.41) is 4.71. The molecule has 0 spiro atoms. The van der Waals surface area contributed by atoms with Gasteiger partial charge in [0.1, 0.15) is 5.01 Å². The number of aromatic nitrogens is 1. The number of nitrogens with one attached hydrogen (secondary N) is 1. The van der Waals surface area contributed by atoms with Gasteiger partial charge in [0.2, 0.25) is 0 Å². The molecule has 0 aliphatic rings. The first-order valence-electron chi connectivity index (χ1n) is 7.04. The summed E-state index contributed by atoms with van der Waals surface area (Å²) in [6.07, 6.45) is 3.06. The zero-order valence-electron chi connectivity index (χ0n) is 12.7. The molecule has 1 heterocycles. The molecule has 0 fully saturated rings. The molecule has 1 aromatic carbocycles. The Kier molecular flexibility index (Phi) is 5.15. The molecule has 1 aromatic heterocycles. The molecule has 1 unspecified atom stereocenters. The SMILES string of the molecule is CCc1cnc(C(C)NCc2ccc(N(C)C)cc2)s1. The highest BCUT2D eigenvalue weighted by Gasteiger charge is 2.09. The van der Waals surface area contributed by atoms with E-state index >= 15 is 0 Å². The number of rotatable bonds is 6. The second-order valence-corrected chi connectivity index (χ2v) is 6.33. The predicted molar refractivity (Wildman–Crippen MR) is 87.5 cm³/mol. The molecule has 20 heavy (non-hydrogen) atoms. The highest BCUT2D eigenvalue weighted by Crippen LogP contribution is 2.21. The first kappa shape index (κ1) is 15.0. The van der Waals surface area contributed by atoms with Crippen LogP contribution in [0.25, 0.3) is 0 Å². The number of nitrogens with zero attached hydrogens (tertiary/aromatic N) is 2. The predicted octanol–water partition coefficient (Wildman–Crippen LogP) is 3.62. The van der Waals surface area contributed by atoms with Crippen molar-refractivity contribution in [1.82, 2.24) is 10.3 Å². The minimum atomic E-state index is 0.300. The number of aryl methyl sites for hydroxylation is 1. The molecule has 0 amide bonds. The summed E-state index contributed by atoms with van der Waals surface area (Å²) >= 11 is 1.80. The van der Waals surface area contributed by atoms with Gasteiger partial charge in [0.25, 0.3) is 0 Å². The van der Waals surface area contributed by atoms with Gasteiger partial charge in [0.15, 0.2) is 0 Å². The van der Waals surface area contributed by atoms with E-state index < -0.39 is 0 Å². The molecule has 0 bridgehead atoms. The highest BCUT2D eigenvalue weighted by atomic mass is 32.1. The van der Waals surface area contributed by atoms with Gasteiger partial charge in [-0.05, 0) is 31.0 Å². The molecule has 108 valence electrons. The largest absolute Gasteiger partial charge is 0.378 e. The average molecular weight is 289 g/mol. The van der Waals surface area contributed by atoms with E-state index in [0.29, 0.717) is 6.04 Å².